The quantitative estimate of drug-likeness (QED) is 0.829. The molecule has 0 aromatic carbocycles. The minimum Gasteiger partial charge on any atom is -0.388 e. The van der Waals surface area contributed by atoms with Crippen LogP contribution in [-0.2, 0) is 7.05 Å². The standard InChI is InChI=1S/C12H22N2O/c1-6-7-8(2)12(15)11-9(3)13-14(5)10(11)4/h8,12,15H,6-7H2,1-5H3. The van der Waals surface area contributed by atoms with Crippen molar-refractivity contribution in [2.75, 3.05) is 0 Å². The van der Waals surface area contributed by atoms with Gasteiger partial charge in [0.1, 0.15) is 0 Å². The van der Waals surface area contributed by atoms with Gasteiger partial charge in [-0.05, 0) is 26.2 Å². The molecule has 0 spiro atoms. The number of aromatic nitrogens is 2. The third-order valence-electron chi connectivity index (χ3n) is 3.14. The van der Waals surface area contributed by atoms with Gasteiger partial charge in [0.2, 0.25) is 0 Å². The number of aliphatic hydroxyl groups excluding tert-OH is 1. The van der Waals surface area contributed by atoms with E-state index < -0.39 is 0 Å². The van der Waals surface area contributed by atoms with Crippen LogP contribution in [0.5, 0.6) is 0 Å². The van der Waals surface area contributed by atoms with Crippen molar-refractivity contribution in [3.8, 4) is 0 Å². The van der Waals surface area contributed by atoms with Gasteiger partial charge in [-0.3, -0.25) is 4.68 Å². The molecule has 0 fully saturated rings. The highest BCUT2D eigenvalue weighted by Gasteiger charge is 2.22. The van der Waals surface area contributed by atoms with E-state index in [0.717, 1.165) is 29.8 Å². The normalized spacial score (nSPS) is 15.3. The van der Waals surface area contributed by atoms with Crippen LogP contribution in [0, 0.1) is 19.8 Å². The van der Waals surface area contributed by atoms with E-state index >= 15 is 0 Å². The van der Waals surface area contributed by atoms with Gasteiger partial charge in [-0.15, -0.1) is 0 Å². The molecule has 86 valence electrons. The number of hydrogen-bond donors (Lipinski definition) is 1. The molecule has 1 aromatic heterocycles. The molecule has 0 saturated heterocycles. The lowest BCUT2D eigenvalue weighted by Crippen LogP contribution is -2.11. The van der Waals surface area contributed by atoms with Gasteiger partial charge in [0.25, 0.3) is 0 Å². The first-order chi connectivity index (χ1) is 6.99. The molecule has 2 unspecified atom stereocenters. The molecule has 0 aliphatic heterocycles. The van der Waals surface area contributed by atoms with E-state index in [1.54, 1.807) is 0 Å². The summed E-state index contributed by atoms with van der Waals surface area (Å²) in [6.07, 6.45) is 1.78. The molecule has 0 saturated carbocycles. The Labute approximate surface area is 92.1 Å². The first-order valence-corrected chi connectivity index (χ1v) is 5.67. The van der Waals surface area contributed by atoms with Crippen LogP contribution in [-0.4, -0.2) is 14.9 Å². The number of hydrogen-bond acceptors (Lipinski definition) is 2. The molecule has 0 aliphatic rings. The topological polar surface area (TPSA) is 38.1 Å². The highest BCUT2D eigenvalue weighted by molar-refractivity contribution is 5.27. The maximum Gasteiger partial charge on any atom is 0.0851 e. The molecule has 0 radical (unpaired) electrons. The van der Waals surface area contributed by atoms with Crippen LogP contribution in [0.2, 0.25) is 0 Å². The van der Waals surface area contributed by atoms with E-state index in [-0.39, 0.29) is 6.10 Å². The van der Waals surface area contributed by atoms with Crippen LogP contribution < -0.4 is 0 Å². The maximum atomic E-state index is 10.2. The van der Waals surface area contributed by atoms with Crippen molar-refractivity contribution in [2.45, 2.75) is 46.6 Å². The fourth-order valence-electron chi connectivity index (χ4n) is 2.12. The summed E-state index contributed by atoms with van der Waals surface area (Å²) in [6.45, 7) is 8.22. The van der Waals surface area contributed by atoms with Crippen molar-refractivity contribution in [2.24, 2.45) is 13.0 Å². The molecule has 2 atom stereocenters. The lowest BCUT2D eigenvalue weighted by atomic mass is 9.92. The fourth-order valence-corrected chi connectivity index (χ4v) is 2.12. The summed E-state index contributed by atoms with van der Waals surface area (Å²) in [7, 11) is 1.92. The molecule has 1 N–H and O–H groups in total. The van der Waals surface area contributed by atoms with Gasteiger partial charge in [0.05, 0.1) is 11.8 Å². The Bertz CT molecular complexity index is 331. The average Bonchev–Trinajstić information content (AvgIpc) is 2.41. The Balaban J connectivity index is 2.94. The highest BCUT2D eigenvalue weighted by Crippen LogP contribution is 2.29. The molecule has 1 heterocycles. The van der Waals surface area contributed by atoms with Crippen molar-refractivity contribution >= 4 is 0 Å². The van der Waals surface area contributed by atoms with Gasteiger partial charge in [-0.1, -0.05) is 20.3 Å². The van der Waals surface area contributed by atoms with Crippen LogP contribution in [0.4, 0.5) is 0 Å². The SMILES string of the molecule is CCCC(C)C(O)c1c(C)nn(C)c1C. The van der Waals surface area contributed by atoms with Crippen LogP contribution in [0.15, 0.2) is 0 Å². The van der Waals surface area contributed by atoms with E-state index in [4.69, 9.17) is 0 Å². The smallest absolute Gasteiger partial charge is 0.0851 e. The maximum absolute atomic E-state index is 10.2. The minimum absolute atomic E-state index is 0.302. The zero-order valence-corrected chi connectivity index (χ0v) is 10.4. The summed E-state index contributed by atoms with van der Waals surface area (Å²) in [5.74, 6) is 0.302. The zero-order chi connectivity index (χ0) is 11.6. The number of nitrogens with zero attached hydrogens (tertiary/aromatic N) is 2. The van der Waals surface area contributed by atoms with Crippen molar-refractivity contribution in [1.29, 1.82) is 0 Å². The summed E-state index contributed by atoms with van der Waals surface area (Å²) in [6, 6.07) is 0. The number of aryl methyl sites for hydroxylation is 2. The number of aliphatic hydroxyl groups is 1. The molecule has 0 bridgehead atoms. The molecule has 15 heavy (non-hydrogen) atoms. The predicted molar refractivity (Wildman–Crippen MR) is 61.7 cm³/mol. The summed E-state index contributed by atoms with van der Waals surface area (Å²) < 4.78 is 1.84. The Morgan fingerprint density at radius 3 is 2.40 bits per heavy atom. The van der Waals surface area contributed by atoms with Crippen LogP contribution >= 0.6 is 0 Å². The second-order valence-corrected chi connectivity index (χ2v) is 4.42. The van der Waals surface area contributed by atoms with Gasteiger partial charge in [0.15, 0.2) is 0 Å². The van der Waals surface area contributed by atoms with Crippen LogP contribution in [0.3, 0.4) is 0 Å². The Kier molecular flexibility index (Phi) is 3.91. The third-order valence-corrected chi connectivity index (χ3v) is 3.14. The minimum atomic E-state index is -0.376. The molecule has 0 amide bonds. The summed E-state index contributed by atoms with van der Waals surface area (Å²) in [5.41, 5.74) is 3.03. The van der Waals surface area contributed by atoms with E-state index in [1.165, 1.54) is 0 Å². The third kappa shape index (κ3) is 2.40. The van der Waals surface area contributed by atoms with Crippen LogP contribution in [0.1, 0.15) is 49.7 Å². The van der Waals surface area contributed by atoms with Crippen LogP contribution in [0.25, 0.3) is 0 Å². The first-order valence-electron chi connectivity index (χ1n) is 5.67. The average molecular weight is 210 g/mol. The summed E-state index contributed by atoms with van der Waals surface area (Å²) >= 11 is 0. The fraction of sp³-hybridized carbons (Fsp3) is 0.750. The monoisotopic (exact) mass is 210 g/mol. The second kappa shape index (κ2) is 4.79. The lowest BCUT2D eigenvalue weighted by Gasteiger charge is -2.18. The molecule has 3 heteroatoms. The Morgan fingerprint density at radius 2 is 2.00 bits per heavy atom. The van der Waals surface area contributed by atoms with Crippen molar-refractivity contribution in [3.05, 3.63) is 17.0 Å². The summed E-state index contributed by atoms with van der Waals surface area (Å²) in [4.78, 5) is 0. The molecular weight excluding hydrogens is 188 g/mol. The second-order valence-electron chi connectivity index (χ2n) is 4.42. The van der Waals surface area contributed by atoms with Gasteiger partial charge in [0, 0.05) is 18.3 Å². The highest BCUT2D eigenvalue weighted by atomic mass is 16.3. The van der Waals surface area contributed by atoms with E-state index in [1.807, 2.05) is 25.6 Å². The predicted octanol–water partition coefficient (Wildman–Crippen LogP) is 2.51. The lowest BCUT2D eigenvalue weighted by molar-refractivity contribution is 0.111. The van der Waals surface area contributed by atoms with E-state index in [0.29, 0.717) is 5.92 Å². The molecule has 0 aliphatic carbocycles. The van der Waals surface area contributed by atoms with Gasteiger partial charge >= 0.3 is 0 Å². The Hall–Kier alpha value is -0.830. The molecule has 1 rings (SSSR count). The van der Waals surface area contributed by atoms with Crippen molar-refractivity contribution in [3.63, 3.8) is 0 Å². The largest absolute Gasteiger partial charge is 0.388 e. The molecule has 1 aromatic rings. The van der Waals surface area contributed by atoms with Gasteiger partial charge in [-0.25, -0.2) is 0 Å². The van der Waals surface area contributed by atoms with Crippen molar-refractivity contribution in [1.82, 2.24) is 9.78 Å². The Morgan fingerprint density at radius 1 is 1.40 bits per heavy atom. The van der Waals surface area contributed by atoms with E-state index in [2.05, 4.69) is 18.9 Å². The number of rotatable bonds is 4. The van der Waals surface area contributed by atoms with Gasteiger partial charge < -0.3 is 5.11 Å². The zero-order valence-electron chi connectivity index (χ0n) is 10.4. The van der Waals surface area contributed by atoms with E-state index in [9.17, 15) is 5.11 Å². The summed E-state index contributed by atoms with van der Waals surface area (Å²) in [5, 5.41) is 14.6. The first kappa shape index (κ1) is 12.2. The molecular formula is C12H22N2O. The molecule has 3 nitrogen and oxygen atoms in total. The van der Waals surface area contributed by atoms with Gasteiger partial charge in [-0.2, -0.15) is 5.10 Å². The van der Waals surface area contributed by atoms with Crippen molar-refractivity contribution < 1.29 is 5.11 Å².